The number of nitrogens with one attached hydrogen (secondary N) is 2. The first-order valence-electron chi connectivity index (χ1n) is 10.3. The van der Waals surface area contributed by atoms with Crippen molar-refractivity contribution in [1.82, 2.24) is 15.2 Å². The van der Waals surface area contributed by atoms with Crippen LogP contribution in [0.3, 0.4) is 0 Å². The number of hydrogen-bond acceptors (Lipinski definition) is 6. The molecule has 2 heterocycles. The molecular formula is C25H20N6OS. The monoisotopic (exact) mass is 452 g/mol. The van der Waals surface area contributed by atoms with Gasteiger partial charge in [-0.05, 0) is 54.2 Å². The number of anilines is 3. The Labute approximate surface area is 195 Å². The van der Waals surface area contributed by atoms with Crippen molar-refractivity contribution in [2.45, 2.75) is 6.42 Å². The molecule has 0 radical (unpaired) electrons. The lowest BCUT2D eigenvalue weighted by Gasteiger charge is -2.13. The van der Waals surface area contributed by atoms with Gasteiger partial charge in [0, 0.05) is 16.9 Å². The Hall–Kier alpha value is -4.30. The Bertz CT molecular complexity index is 1420. The van der Waals surface area contributed by atoms with Crippen molar-refractivity contribution in [3.63, 3.8) is 0 Å². The molecule has 0 aliphatic rings. The van der Waals surface area contributed by atoms with Gasteiger partial charge in [0.15, 0.2) is 22.4 Å². The maximum Gasteiger partial charge on any atom is 0.199 e. The van der Waals surface area contributed by atoms with Crippen LogP contribution in [0.5, 0.6) is 0 Å². The summed E-state index contributed by atoms with van der Waals surface area (Å²) in [5, 5.41) is 15.2. The molecule has 0 amide bonds. The van der Waals surface area contributed by atoms with Gasteiger partial charge in [0.2, 0.25) is 0 Å². The van der Waals surface area contributed by atoms with E-state index in [-0.39, 0.29) is 0 Å². The molecule has 162 valence electrons. The molecule has 0 fully saturated rings. The van der Waals surface area contributed by atoms with E-state index < -0.39 is 0 Å². The zero-order valence-electron chi connectivity index (χ0n) is 17.5. The lowest BCUT2D eigenvalue weighted by Crippen LogP contribution is -2.20. The van der Waals surface area contributed by atoms with Crippen molar-refractivity contribution >= 4 is 45.6 Å². The average Bonchev–Trinajstić information content (AvgIpc) is 3.23. The number of benzene rings is 3. The maximum atomic E-state index is 5.87. The number of nitrogens with two attached hydrogens (primary N) is 1. The first-order valence-corrected chi connectivity index (χ1v) is 10.7. The van der Waals surface area contributed by atoms with E-state index in [1.807, 2.05) is 72.8 Å². The van der Waals surface area contributed by atoms with Gasteiger partial charge in [-0.2, -0.15) is 0 Å². The summed E-state index contributed by atoms with van der Waals surface area (Å²) in [7, 11) is 0. The van der Waals surface area contributed by atoms with Gasteiger partial charge in [-0.3, -0.25) is 0 Å². The van der Waals surface area contributed by atoms with Crippen LogP contribution in [0.1, 0.15) is 11.5 Å². The number of hydrogen-bond donors (Lipinski definition) is 3. The number of thiocarbonyl (C=S) groups is 1. The molecule has 0 spiro atoms. The minimum Gasteiger partial charge on any atom is -0.440 e. The standard InChI is InChI=1S/C25H20N6OS/c26-18-10-12-22-21(15-18)27-24(32-22)14-17-8-4-5-9-19(17)28-25(33)29-23-13-11-20(30-31-23)16-6-2-1-3-7-16/h1-13,15H,14,26H2,(H2,28,29,31,33). The first kappa shape index (κ1) is 20.6. The molecule has 0 unspecified atom stereocenters. The van der Waals surface area contributed by atoms with Gasteiger partial charge in [-0.15, -0.1) is 10.2 Å². The van der Waals surface area contributed by atoms with Crippen LogP contribution in [0.2, 0.25) is 0 Å². The molecule has 3 aromatic carbocycles. The van der Waals surface area contributed by atoms with E-state index in [9.17, 15) is 0 Å². The van der Waals surface area contributed by atoms with Gasteiger partial charge < -0.3 is 20.8 Å². The van der Waals surface area contributed by atoms with E-state index in [4.69, 9.17) is 22.4 Å². The summed E-state index contributed by atoms with van der Waals surface area (Å²) in [4.78, 5) is 4.55. The molecule has 7 nitrogen and oxygen atoms in total. The van der Waals surface area contributed by atoms with Crippen LogP contribution >= 0.6 is 12.2 Å². The van der Waals surface area contributed by atoms with E-state index in [0.717, 1.165) is 28.0 Å². The summed E-state index contributed by atoms with van der Waals surface area (Å²) in [6, 6.07) is 26.9. The molecule has 5 rings (SSSR count). The molecule has 0 aliphatic carbocycles. The van der Waals surface area contributed by atoms with E-state index in [2.05, 4.69) is 25.8 Å². The van der Waals surface area contributed by atoms with Crippen molar-refractivity contribution < 1.29 is 4.42 Å². The van der Waals surface area contributed by atoms with Gasteiger partial charge in [-0.1, -0.05) is 48.5 Å². The fraction of sp³-hybridized carbons (Fsp3) is 0.0400. The third kappa shape index (κ3) is 4.81. The topological polar surface area (TPSA) is 102 Å². The Morgan fingerprint density at radius 3 is 2.52 bits per heavy atom. The van der Waals surface area contributed by atoms with Crippen LogP contribution in [0.15, 0.2) is 89.3 Å². The van der Waals surface area contributed by atoms with Crippen LogP contribution in [0.25, 0.3) is 22.4 Å². The number of nitrogens with zero attached hydrogens (tertiary/aromatic N) is 3. The summed E-state index contributed by atoms with van der Waals surface area (Å²) in [5.74, 6) is 1.16. The number of fused-ring (bicyclic) bond motifs is 1. The molecule has 0 aliphatic heterocycles. The number of oxazole rings is 1. The molecule has 8 heteroatoms. The lowest BCUT2D eigenvalue weighted by molar-refractivity contribution is 0.544. The van der Waals surface area contributed by atoms with Crippen LogP contribution in [0, 0.1) is 0 Å². The van der Waals surface area contributed by atoms with Crippen molar-refractivity contribution in [3.05, 3.63) is 96.4 Å². The highest BCUT2D eigenvalue weighted by molar-refractivity contribution is 7.80. The molecule has 4 N–H and O–H groups in total. The second-order valence-electron chi connectivity index (χ2n) is 7.42. The molecule has 33 heavy (non-hydrogen) atoms. The molecule has 0 saturated carbocycles. The Morgan fingerprint density at radius 2 is 1.70 bits per heavy atom. The highest BCUT2D eigenvalue weighted by Gasteiger charge is 2.11. The minimum absolute atomic E-state index is 0.412. The van der Waals surface area contributed by atoms with Gasteiger partial charge >= 0.3 is 0 Å². The number of aromatic nitrogens is 3. The third-order valence-electron chi connectivity index (χ3n) is 5.04. The SMILES string of the molecule is Nc1ccc2oc(Cc3ccccc3NC(=S)Nc3ccc(-c4ccccc4)nn3)nc2c1. The lowest BCUT2D eigenvalue weighted by atomic mass is 10.1. The fourth-order valence-corrected chi connectivity index (χ4v) is 3.67. The third-order valence-corrected chi connectivity index (χ3v) is 5.24. The highest BCUT2D eigenvalue weighted by Crippen LogP contribution is 2.23. The van der Waals surface area contributed by atoms with E-state index in [1.165, 1.54) is 0 Å². The van der Waals surface area contributed by atoms with E-state index in [0.29, 0.717) is 34.5 Å². The molecule has 5 aromatic rings. The fourth-order valence-electron chi connectivity index (χ4n) is 3.46. The predicted molar refractivity (Wildman–Crippen MR) is 135 cm³/mol. The van der Waals surface area contributed by atoms with Crippen LogP contribution in [0.4, 0.5) is 17.2 Å². The predicted octanol–water partition coefficient (Wildman–Crippen LogP) is 5.27. The van der Waals surface area contributed by atoms with Crippen LogP contribution in [-0.2, 0) is 6.42 Å². The summed E-state index contributed by atoms with van der Waals surface area (Å²) in [6.07, 6.45) is 0.506. The molecule has 0 atom stereocenters. The van der Waals surface area contributed by atoms with Gasteiger partial charge in [0.25, 0.3) is 0 Å². The molecule has 2 aromatic heterocycles. The van der Waals surface area contributed by atoms with Crippen molar-refractivity contribution in [2.75, 3.05) is 16.4 Å². The zero-order valence-corrected chi connectivity index (χ0v) is 18.3. The molecular weight excluding hydrogens is 432 g/mol. The number of rotatable bonds is 5. The first-order chi connectivity index (χ1) is 16.1. The summed E-state index contributed by atoms with van der Waals surface area (Å²) in [5.41, 5.74) is 11.6. The smallest absolute Gasteiger partial charge is 0.199 e. The van der Waals surface area contributed by atoms with Crippen molar-refractivity contribution in [3.8, 4) is 11.3 Å². The number of para-hydroxylation sites is 1. The van der Waals surface area contributed by atoms with Gasteiger partial charge in [-0.25, -0.2) is 4.98 Å². The van der Waals surface area contributed by atoms with E-state index in [1.54, 1.807) is 12.1 Å². The second-order valence-corrected chi connectivity index (χ2v) is 7.83. The molecule has 0 saturated heterocycles. The Balaban J connectivity index is 1.28. The quantitative estimate of drug-likeness (QED) is 0.245. The van der Waals surface area contributed by atoms with Gasteiger partial charge in [0.1, 0.15) is 5.52 Å². The molecule has 0 bridgehead atoms. The van der Waals surface area contributed by atoms with Crippen LogP contribution < -0.4 is 16.4 Å². The van der Waals surface area contributed by atoms with Crippen molar-refractivity contribution in [2.24, 2.45) is 0 Å². The largest absolute Gasteiger partial charge is 0.440 e. The normalized spacial score (nSPS) is 10.8. The minimum atomic E-state index is 0.412. The highest BCUT2D eigenvalue weighted by atomic mass is 32.1. The van der Waals surface area contributed by atoms with Crippen molar-refractivity contribution in [1.29, 1.82) is 0 Å². The van der Waals surface area contributed by atoms with Gasteiger partial charge in [0.05, 0.1) is 12.1 Å². The summed E-state index contributed by atoms with van der Waals surface area (Å²) in [6.45, 7) is 0. The second kappa shape index (κ2) is 9.05. The Morgan fingerprint density at radius 1 is 0.879 bits per heavy atom. The maximum absolute atomic E-state index is 5.87. The van der Waals surface area contributed by atoms with Crippen LogP contribution in [-0.4, -0.2) is 20.3 Å². The van der Waals surface area contributed by atoms with E-state index >= 15 is 0 Å². The zero-order chi connectivity index (χ0) is 22.6. The number of nitrogen functional groups attached to an aromatic ring is 1. The summed E-state index contributed by atoms with van der Waals surface area (Å²) >= 11 is 5.49. The summed E-state index contributed by atoms with van der Waals surface area (Å²) < 4.78 is 5.87. The average molecular weight is 453 g/mol. The Kier molecular flexibility index (Phi) is 5.65.